The first-order valence-corrected chi connectivity index (χ1v) is 5.37. The number of aryl methyl sites for hydroxylation is 1. The molecule has 1 fully saturated rings. The van der Waals surface area contributed by atoms with Gasteiger partial charge in [-0.15, -0.1) is 0 Å². The molecular weight excluding hydrogens is 202 g/mol. The smallest absolute Gasteiger partial charge is 0.134 e. The maximum Gasteiger partial charge on any atom is 0.134 e. The van der Waals surface area contributed by atoms with E-state index in [1.54, 1.807) is 10.7 Å². The molecule has 0 aliphatic heterocycles. The van der Waals surface area contributed by atoms with E-state index >= 15 is 0 Å². The molecule has 1 aliphatic rings. The van der Waals surface area contributed by atoms with Crippen LogP contribution in [0.3, 0.4) is 0 Å². The molecule has 0 aromatic carbocycles. The van der Waals surface area contributed by atoms with Crippen molar-refractivity contribution in [2.24, 2.45) is 7.05 Å². The second-order valence-corrected chi connectivity index (χ2v) is 4.19. The van der Waals surface area contributed by atoms with Crippen LogP contribution in [0, 0.1) is 0 Å². The van der Waals surface area contributed by atoms with Gasteiger partial charge >= 0.3 is 0 Å². The first-order chi connectivity index (χ1) is 7.72. The molecular formula is C11H13N5. The van der Waals surface area contributed by atoms with Gasteiger partial charge in [-0.2, -0.15) is 5.10 Å². The SMILES string of the molecule is Cn1ccc(-c2cc(N)nc(C3CC3)n2)n1. The molecule has 0 amide bonds. The lowest BCUT2D eigenvalue weighted by atomic mass is 10.2. The summed E-state index contributed by atoms with van der Waals surface area (Å²) in [5.74, 6) is 1.89. The largest absolute Gasteiger partial charge is 0.384 e. The van der Waals surface area contributed by atoms with Crippen molar-refractivity contribution < 1.29 is 0 Å². The van der Waals surface area contributed by atoms with Gasteiger partial charge in [0.15, 0.2) is 0 Å². The summed E-state index contributed by atoms with van der Waals surface area (Å²) in [6.45, 7) is 0. The Hall–Kier alpha value is -1.91. The van der Waals surface area contributed by atoms with Crippen molar-refractivity contribution in [3.05, 3.63) is 24.2 Å². The standard InChI is InChI=1S/C11H13N5/c1-16-5-4-8(15-16)9-6-10(12)14-11(13-9)7-2-3-7/h4-7H,2-3H2,1H3,(H2,12,13,14). The molecule has 1 aliphatic carbocycles. The van der Waals surface area contributed by atoms with Crippen LogP contribution in [-0.4, -0.2) is 19.7 Å². The predicted octanol–water partition coefficient (Wildman–Crippen LogP) is 1.34. The van der Waals surface area contributed by atoms with E-state index in [0.717, 1.165) is 17.2 Å². The van der Waals surface area contributed by atoms with Crippen molar-refractivity contribution in [1.82, 2.24) is 19.7 Å². The molecule has 5 heteroatoms. The molecule has 2 aromatic heterocycles. The van der Waals surface area contributed by atoms with Crippen molar-refractivity contribution in [2.45, 2.75) is 18.8 Å². The van der Waals surface area contributed by atoms with E-state index in [-0.39, 0.29) is 0 Å². The van der Waals surface area contributed by atoms with E-state index < -0.39 is 0 Å². The zero-order valence-electron chi connectivity index (χ0n) is 9.09. The third kappa shape index (κ3) is 1.64. The minimum atomic E-state index is 0.506. The van der Waals surface area contributed by atoms with Gasteiger partial charge in [0.05, 0.1) is 5.69 Å². The molecule has 3 rings (SSSR count). The van der Waals surface area contributed by atoms with Crippen LogP contribution in [0.4, 0.5) is 5.82 Å². The quantitative estimate of drug-likeness (QED) is 0.820. The third-order valence-electron chi connectivity index (χ3n) is 2.68. The van der Waals surface area contributed by atoms with Crippen molar-refractivity contribution in [3.63, 3.8) is 0 Å². The highest BCUT2D eigenvalue weighted by Gasteiger charge is 2.27. The fourth-order valence-electron chi connectivity index (χ4n) is 1.69. The first kappa shape index (κ1) is 9.33. The Labute approximate surface area is 93.3 Å². The van der Waals surface area contributed by atoms with Gasteiger partial charge in [0.2, 0.25) is 0 Å². The van der Waals surface area contributed by atoms with Crippen LogP contribution in [0.25, 0.3) is 11.4 Å². The van der Waals surface area contributed by atoms with Crippen LogP contribution < -0.4 is 5.73 Å². The monoisotopic (exact) mass is 215 g/mol. The minimum Gasteiger partial charge on any atom is -0.384 e. The van der Waals surface area contributed by atoms with Crippen LogP contribution in [0.1, 0.15) is 24.6 Å². The summed E-state index contributed by atoms with van der Waals surface area (Å²) in [4.78, 5) is 8.77. The Kier molecular flexibility index (Phi) is 1.92. The number of nitrogens with two attached hydrogens (primary N) is 1. The minimum absolute atomic E-state index is 0.506. The van der Waals surface area contributed by atoms with Crippen LogP contribution >= 0.6 is 0 Å². The number of hydrogen-bond acceptors (Lipinski definition) is 4. The molecule has 0 atom stereocenters. The molecule has 2 N–H and O–H groups in total. The lowest BCUT2D eigenvalue weighted by Gasteiger charge is -2.02. The summed E-state index contributed by atoms with van der Waals surface area (Å²) in [7, 11) is 1.88. The topological polar surface area (TPSA) is 69.6 Å². The number of aromatic nitrogens is 4. The van der Waals surface area contributed by atoms with Gasteiger partial charge in [-0.05, 0) is 18.9 Å². The third-order valence-corrected chi connectivity index (χ3v) is 2.68. The van der Waals surface area contributed by atoms with Gasteiger partial charge < -0.3 is 5.73 Å². The van der Waals surface area contributed by atoms with Gasteiger partial charge in [-0.3, -0.25) is 4.68 Å². The van der Waals surface area contributed by atoms with E-state index in [9.17, 15) is 0 Å². The summed E-state index contributed by atoms with van der Waals surface area (Å²) < 4.78 is 1.75. The molecule has 2 heterocycles. The highest BCUT2D eigenvalue weighted by atomic mass is 15.2. The molecule has 82 valence electrons. The summed E-state index contributed by atoms with van der Waals surface area (Å²) in [5.41, 5.74) is 7.44. The molecule has 0 saturated heterocycles. The maximum absolute atomic E-state index is 5.78. The average molecular weight is 215 g/mol. The van der Waals surface area contributed by atoms with E-state index in [0.29, 0.717) is 11.7 Å². The highest BCUT2D eigenvalue weighted by molar-refractivity contribution is 5.57. The average Bonchev–Trinajstić information content (AvgIpc) is 3.01. The van der Waals surface area contributed by atoms with E-state index in [1.165, 1.54) is 12.8 Å². The van der Waals surface area contributed by atoms with Crippen LogP contribution in [0.5, 0.6) is 0 Å². The summed E-state index contributed by atoms with van der Waals surface area (Å²) in [6.07, 6.45) is 4.24. The van der Waals surface area contributed by atoms with Crippen LogP contribution in [0.15, 0.2) is 18.3 Å². The number of anilines is 1. The molecule has 0 spiro atoms. The molecule has 2 aromatic rings. The zero-order chi connectivity index (χ0) is 11.1. The predicted molar refractivity (Wildman–Crippen MR) is 60.6 cm³/mol. The number of rotatable bonds is 2. The number of nitrogens with zero attached hydrogens (tertiary/aromatic N) is 4. The lowest BCUT2D eigenvalue weighted by Crippen LogP contribution is -2.00. The van der Waals surface area contributed by atoms with Crippen molar-refractivity contribution in [1.29, 1.82) is 0 Å². The van der Waals surface area contributed by atoms with E-state index in [4.69, 9.17) is 5.73 Å². The highest BCUT2D eigenvalue weighted by Crippen LogP contribution is 2.38. The van der Waals surface area contributed by atoms with Gasteiger partial charge in [-0.25, -0.2) is 9.97 Å². The second-order valence-electron chi connectivity index (χ2n) is 4.19. The van der Waals surface area contributed by atoms with Gasteiger partial charge in [0.25, 0.3) is 0 Å². The number of nitrogen functional groups attached to an aromatic ring is 1. The molecule has 0 unspecified atom stereocenters. The van der Waals surface area contributed by atoms with Crippen LogP contribution in [-0.2, 0) is 7.05 Å². The fourth-order valence-corrected chi connectivity index (χ4v) is 1.69. The fraction of sp³-hybridized carbons (Fsp3) is 0.364. The molecule has 0 bridgehead atoms. The van der Waals surface area contributed by atoms with E-state index in [2.05, 4.69) is 15.1 Å². The van der Waals surface area contributed by atoms with E-state index in [1.807, 2.05) is 19.3 Å². The Bertz CT molecular complexity index is 527. The number of hydrogen-bond donors (Lipinski definition) is 1. The van der Waals surface area contributed by atoms with Crippen molar-refractivity contribution in [3.8, 4) is 11.4 Å². The lowest BCUT2D eigenvalue weighted by molar-refractivity contribution is 0.769. The van der Waals surface area contributed by atoms with Crippen molar-refractivity contribution >= 4 is 5.82 Å². The Morgan fingerprint density at radius 2 is 2.12 bits per heavy atom. The van der Waals surface area contributed by atoms with Gasteiger partial charge in [-0.1, -0.05) is 0 Å². The van der Waals surface area contributed by atoms with Crippen LogP contribution in [0.2, 0.25) is 0 Å². The van der Waals surface area contributed by atoms with Gasteiger partial charge in [0, 0.05) is 25.2 Å². The summed E-state index contributed by atoms with van der Waals surface area (Å²) >= 11 is 0. The molecule has 0 radical (unpaired) electrons. The zero-order valence-corrected chi connectivity index (χ0v) is 9.09. The molecule has 1 saturated carbocycles. The van der Waals surface area contributed by atoms with Crippen molar-refractivity contribution in [2.75, 3.05) is 5.73 Å². The molecule has 16 heavy (non-hydrogen) atoms. The normalized spacial score (nSPS) is 15.3. The first-order valence-electron chi connectivity index (χ1n) is 5.37. The Morgan fingerprint density at radius 1 is 1.31 bits per heavy atom. The van der Waals surface area contributed by atoms with Gasteiger partial charge in [0.1, 0.15) is 17.3 Å². The summed E-state index contributed by atoms with van der Waals surface area (Å²) in [5, 5.41) is 4.31. The summed E-state index contributed by atoms with van der Waals surface area (Å²) in [6, 6.07) is 3.70. The Balaban J connectivity index is 2.06. The second kappa shape index (κ2) is 3.30. The maximum atomic E-state index is 5.78. The molecule has 5 nitrogen and oxygen atoms in total. The Morgan fingerprint density at radius 3 is 2.75 bits per heavy atom.